The largest absolute Gasteiger partial charge is 0.476 e. The number of nitrogens with zero attached hydrogens (tertiary/aromatic N) is 5. The first kappa shape index (κ1) is 17.7. The topological polar surface area (TPSA) is 63.0 Å². The normalized spacial score (nSPS) is 26.4. The Bertz CT molecular complexity index is 942. The third kappa shape index (κ3) is 2.80. The first-order valence-corrected chi connectivity index (χ1v) is 10.3. The summed E-state index contributed by atoms with van der Waals surface area (Å²) in [6.45, 7) is 7.43. The molecule has 4 aliphatic rings. The van der Waals surface area contributed by atoms with Crippen LogP contribution in [0.3, 0.4) is 0 Å². The Hall–Kier alpha value is -2.41. The van der Waals surface area contributed by atoms with Crippen molar-refractivity contribution in [2.45, 2.75) is 32.4 Å². The number of aromatic nitrogens is 2. The molecule has 28 heavy (non-hydrogen) atoms. The van der Waals surface area contributed by atoms with Crippen LogP contribution in [-0.4, -0.2) is 77.3 Å². The predicted molar refractivity (Wildman–Crippen MR) is 108 cm³/mol. The smallest absolute Gasteiger partial charge is 0.275 e. The van der Waals surface area contributed by atoms with E-state index in [0.29, 0.717) is 37.2 Å². The van der Waals surface area contributed by atoms with Crippen molar-refractivity contribution in [3.63, 3.8) is 0 Å². The summed E-state index contributed by atoms with van der Waals surface area (Å²) in [7, 11) is 1.95. The van der Waals surface area contributed by atoms with Gasteiger partial charge in [-0.3, -0.25) is 9.48 Å². The van der Waals surface area contributed by atoms with Crippen molar-refractivity contribution in [3.8, 4) is 0 Å². The van der Waals surface area contributed by atoms with Crippen molar-refractivity contribution in [1.29, 1.82) is 0 Å². The summed E-state index contributed by atoms with van der Waals surface area (Å²) in [5, 5.41) is 5.59. The van der Waals surface area contributed by atoms with Crippen LogP contribution in [0.1, 0.15) is 35.8 Å². The molecule has 0 N–H and O–H groups in total. The van der Waals surface area contributed by atoms with Gasteiger partial charge >= 0.3 is 0 Å². The van der Waals surface area contributed by atoms with Gasteiger partial charge in [-0.2, -0.15) is 5.10 Å². The van der Waals surface area contributed by atoms with E-state index in [9.17, 15) is 4.79 Å². The summed E-state index contributed by atoms with van der Waals surface area (Å²) in [6.07, 6.45) is 2.38. The number of amides is 1. The van der Waals surface area contributed by atoms with E-state index in [1.54, 1.807) is 0 Å². The van der Waals surface area contributed by atoms with Gasteiger partial charge in [0, 0.05) is 37.1 Å². The van der Waals surface area contributed by atoms with E-state index in [2.05, 4.69) is 15.0 Å². The third-order valence-corrected chi connectivity index (χ3v) is 6.53. The number of aryl methyl sites for hydroxylation is 1. The summed E-state index contributed by atoms with van der Waals surface area (Å²) in [4.78, 5) is 22.2. The molecule has 0 saturated carbocycles. The number of carbonyl (C=O) groups excluding carboxylic acids is 1. The minimum atomic E-state index is 0.0261. The number of fused-ring (bicyclic) bond motifs is 4. The molecule has 3 fully saturated rings. The lowest BCUT2D eigenvalue weighted by Crippen LogP contribution is -2.57. The van der Waals surface area contributed by atoms with E-state index < -0.39 is 0 Å². The number of carbonyl (C=O) groups is 1. The van der Waals surface area contributed by atoms with E-state index in [4.69, 9.17) is 4.74 Å². The Morgan fingerprint density at radius 1 is 1.32 bits per heavy atom. The zero-order valence-corrected chi connectivity index (χ0v) is 16.6. The molecule has 2 aromatic rings. The van der Waals surface area contributed by atoms with Crippen LogP contribution >= 0.6 is 0 Å². The van der Waals surface area contributed by atoms with Gasteiger partial charge in [0.25, 0.3) is 5.91 Å². The monoisotopic (exact) mass is 381 g/mol. The SMILES string of the molecule is CCn1nc(C(=O)N(C)[C@@H]2CN3CCC2CC3)c2ccc(C3=NCCO3)cc21. The zero-order chi connectivity index (χ0) is 19.3. The minimum Gasteiger partial charge on any atom is -0.476 e. The molecule has 4 aliphatic heterocycles. The molecule has 1 aromatic heterocycles. The van der Waals surface area contributed by atoms with Gasteiger partial charge in [0.1, 0.15) is 6.61 Å². The molecular formula is C21H27N5O2. The van der Waals surface area contributed by atoms with Crippen LogP contribution in [0.5, 0.6) is 0 Å². The number of hydrogen-bond donors (Lipinski definition) is 0. The van der Waals surface area contributed by atoms with Crippen molar-refractivity contribution in [1.82, 2.24) is 19.6 Å². The highest BCUT2D eigenvalue weighted by Gasteiger charge is 2.38. The first-order chi connectivity index (χ1) is 13.7. The first-order valence-electron chi connectivity index (χ1n) is 10.3. The van der Waals surface area contributed by atoms with Gasteiger partial charge in [0.05, 0.1) is 12.1 Å². The highest BCUT2D eigenvalue weighted by Crippen LogP contribution is 2.32. The third-order valence-electron chi connectivity index (χ3n) is 6.53. The number of rotatable bonds is 4. The fraction of sp³-hybridized carbons (Fsp3) is 0.571. The van der Waals surface area contributed by atoms with Gasteiger partial charge in [-0.25, -0.2) is 4.99 Å². The second-order valence-electron chi connectivity index (χ2n) is 8.05. The molecule has 3 saturated heterocycles. The maximum absolute atomic E-state index is 13.4. The van der Waals surface area contributed by atoms with Crippen LogP contribution in [0.25, 0.3) is 10.9 Å². The van der Waals surface area contributed by atoms with Crippen LogP contribution in [0, 0.1) is 5.92 Å². The van der Waals surface area contributed by atoms with Crippen LogP contribution in [0.4, 0.5) is 0 Å². The van der Waals surface area contributed by atoms with Gasteiger partial charge in [0.15, 0.2) is 5.69 Å². The second kappa shape index (κ2) is 6.88. The lowest BCUT2D eigenvalue weighted by atomic mass is 9.83. The molecule has 0 spiro atoms. The fourth-order valence-corrected chi connectivity index (χ4v) is 4.91. The van der Waals surface area contributed by atoms with Crippen molar-refractivity contribution in [2.75, 3.05) is 39.8 Å². The fourth-order valence-electron chi connectivity index (χ4n) is 4.91. The van der Waals surface area contributed by atoms with E-state index in [1.165, 1.54) is 25.9 Å². The van der Waals surface area contributed by atoms with Gasteiger partial charge in [-0.05, 0) is 57.0 Å². The Morgan fingerprint density at radius 2 is 2.14 bits per heavy atom. The average molecular weight is 381 g/mol. The second-order valence-corrected chi connectivity index (χ2v) is 8.05. The van der Waals surface area contributed by atoms with Gasteiger partial charge in [-0.15, -0.1) is 0 Å². The van der Waals surface area contributed by atoms with Gasteiger partial charge in [-0.1, -0.05) is 0 Å². The molecule has 1 atom stereocenters. The minimum absolute atomic E-state index is 0.0261. The maximum atomic E-state index is 13.4. The van der Waals surface area contributed by atoms with Gasteiger partial charge in [0.2, 0.25) is 5.90 Å². The summed E-state index contributed by atoms with van der Waals surface area (Å²) < 4.78 is 7.51. The van der Waals surface area contributed by atoms with Crippen LogP contribution in [-0.2, 0) is 11.3 Å². The zero-order valence-electron chi connectivity index (χ0n) is 16.6. The molecule has 148 valence electrons. The Labute approximate surface area is 165 Å². The van der Waals surface area contributed by atoms with Crippen molar-refractivity contribution < 1.29 is 9.53 Å². The molecule has 6 rings (SSSR count). The summed E-state index contributed by atoms with van der Waals surface area (Å²) >= 11 is 0. The van der Waals surface area contributed by atoms with E-state index in [-0.39, 0.29) is 11.9 Å². The number of benzene rings is 1. The van der Waals surface area contributed by atoms with Crippen LogP contribution in [0.2, 0.25) is 0 Å². The van der Waals surface area contributed by atoms with E-state index >= 15 is 0 Å². The Morgan fingerprint density at radius 3 is 2.79 bits per heavy atom. The highest BCUT2D eigenvalue weighted by molar-refractivity contribution is 6.07. The molecule has 1 amide bonds. The van der Waals surface area contributed by atoms with Crippen molar-refractivity contribution in [3.05, 3.63) is 29.5 Å². The average Bonchev–Trinajstić information content (AvgIpc) is 3.41. The quantitative estimate of drug-likeness (QED) is 0.813. The lowest BCUT2D eigenvalue weighted by Gasteiger charge is -2.47. The number of likely N-dealkylation sites (N-methyl/N-ethyl adjacent to an activating group) is 1. The van der Waals surface area contributed by atoms with Crippen molar-refractivity contribution in [2.24, 2.45) is 10.9 Å². The van der Waals surface area contributed by atoms with Crippen molar-refractivity contribution >= 4 is 22.7 Å². The summed E-state index contributed by atoms with van der Waals surface area (Å²) in [5.74, 6) is 1.32. The summed E-state index contributed by atoms with van der Waals surface area (Å²) in [6, 6.07) is 6.31. The Balaban J connectivity index is 1.48. The summed E-state index contributed by atoms with van der Waals surface area (Å²) in [5.41, 5.74) is 2.46. The molecule has 0 aliphatic carbocycles. The molecule has 0 radical (unpaired) electrons. The Kier molecular flexibility index (Phi) is 4.34. The van der Waals surface area contributed by atoms with Crippen LogP contribution < -0.4 is 0 Å². The number of hydrogen-bond acceptors (Lipinski definition) is 5. The molecule has 1 aromatic carbocycles. The van der Waals surface area contributed by atoms with E-state index in [1.807, 2.05) is 41.8 Å². The molecular weight excluding hydrogens is 354 g/mol. The molecule has 0 unspecified atom stereocenters. The maximum Gasteiger partial charge on any atom is 0.275 e. The molecule has 7 nitrogen and oxygen atoms in total. The van der Waals surface area contributed by atoms with E-state index in [0.717, 1.165) is 23.0 Å². The molecule has 2 bridgehead atoms. The number of aliphatic imine (C=N–C) groups is 1. The highest BCUT2D eigenvalue weighted by atomic mass is 16.5. The number of piperidine rings is 3. The molecule has 5 heterocycles. The lowest BCUT2D eigenvalue weighted by molar-refractivity contribution is 0.0160. The standard InChI is InChI=1S/C21H27N5O2/c1-3-26-17-12-15(20-22-8-11-28-20)4-5-16(17)19(23-26)21(27)24(2)18-13-25-9-6-14(18)7-10-25/h4-5,12,14,18H,3,6-11,13H2,1-2H3/t18-/m1/s1. The van der Waals surface area contributed by atoms with Gasteiger partial charge < -0.3 is 14.5 Å². The van der Waals surface area contributed by atoms with Crippen LogP contribution in [0.15, 0.2) is 23.2 Å². The molecule has 7 heteroatoms. The predicted octanol–water partition coefficient (Wildman–Crippen LogP) is 2.00. The number of ether oxygens (including phenoxy) is 1.